The Morgan fingerprint density at radius 2 is 1.84 bits per heavy atom. The van der Waals surface area contributed by atoms with Gasteiger partial charge in [-0.15, -0.1) is 0 Å². The van der Waals surface area contributed by atoms with Crippen molar-refractivity contribution in [3.63, 3.8) is 0 Å². The lowest BCUT2D eigenvalue weighted by Gasteiger charge is -2.18. The van der Waals surface area contributed by atoms with Crippen molar-refractivity contribution in [3.05, 3.63) is 54.1 Å². The van der Waals surface area contributed by atoms with Crippen molar-refractivity contribution < 1.29 is 9.53 Å². The molecule has 2 rings (SSSR count). The van der Waals surface area contributed by atoms with Crippen LogP contribution >= 0.6 is 0 Å². The van der Waals surface area contributed by atoms with Gasteiger partial charge in [0.15, 0.2) is 0 Å². The van der Waals surface area contributed by atoms with Crippen LogP contribution in [-0.4, -0.2) is 20.1 Å². The monoisotopic (exact) mass is 256 g/mol. The molecule has 0 fully saturated rings. The lowest BCUT2D eigenvalue weighted by Crippen LogP contribution is -2.26. The van der Waals surface area contributed by atoms with Crippen LogP contribution in [0.3, 0.4) is 0 Å². The Hall–Kier alpha value is -2.49. The normalized spacial score (nSPS) is 10.0. The zero-order valence-corrected chi connectivity index (χ0v) is 11.0. The maximum absolute atomic E-state index is 12.4. The van der Waals surface area contributed by atoms with Crippen molar-refractivity contribution in [3.8, 4) is 5.75 Å². The van der Waals surface area contributed by atoms with E-state index in [0.29, 0.717) is 17.0 Å². The first kappa shape index (κ1) is 13.0. The van der Waals surface area contributed by atoms with Crippen LogP contribution in [0.2, 0.25) is 0 Å². The van der Waals surface area contributed by atoms with E-state index in [1.165, 1.54) is 7.11 Å². The molecule has 4 nitrogen and oxygen atoms in total. The topological polar surface area (TPSA) is 55.6 Å². The summed E-state index contributed by atoms with van der Waals surface area (Å²) in [4.78, 5) is 14.0. The summed E-state index contributed by atoms with van der Waals surface area (Å²) < 4.78 is 5.21. The van der Waals surface area contributed by atoms with E-state index in [1.54, 1.807) is 30.1 Å². The summed E-state index contributed by atoms with van der Waals surface area (Å²) in [7, 11) is 3.25. The predicted octanol–water partition coefficient (Wildman–Crippen LogP) is 2.55. The van der Waals surface area contributed by atoms with E-state index < -0.39 is 0 Å². The summed E-state index contributed by atoms with van der Waals surface area (Å²) in [6.45, 7) is 0. The first-order chi connectivity index (χ1) is 9.13. The van der Waals surface area contributed by atoms with Gasteiger partial charge >= 0.3 is 0 Å². The Morgan fingerprint density at radius 1 is 1.16 bits per heavy atom. The Balaban J connectivity index is 2.34. The van der Waals surface area contributed by atoms with Crippen LogP contribution in [0.15, 0.2) is 48.5 Å². The smallest absolute Gasteiger partial charge is 0.261 e. The number of anilines is 2. The summed E-state index contributed by atoms with van der Waals surface area (Å²) in [5, 5.41) is 0. The third-order valence-corrected chi connectivity index (χ3v) is 2.90. The standard InChI is InChI=1S/C15H16N2O2/c1-17(12-6-4-3-5-7-12)15(18)13-9-8-11(16)10-14(13)19-2/h3-10H,16H2,1-2H3. The first-order valence-corrected chi connectivity index (χ1v) is 5.90. The first-order valence-electron chi connectivity index (χ1n) is 5.90. The fourth-order valence-electron chi connectivity index (χ4n) is 1.83. The highest BCUT2D eigenvalue weighted by Gasteiger charge is 2.17. The van der Waals surface area contributed by atoms with Crippen molar-refractivity contribution in [2.75, 3.05) is 24.8 Å². The highest BCUT2D eigenvalue weighted by atomic mass is 16.5. The number of amides is 1. The highest BCUT2D eigenvalue weighted by molar-refractivity contribution is 6.07. The second kappa shape index (κ2) is 5.44. The SMILES string of the molecule is COc1cc(N)ccc1C(=O)N(C)c1ccccc1. The van der Waals surface area contributed by atoms with Crippen LogP contribution in [0.4, 0.5) is 11.4 Å². The van der Waals surface area contributed by atoms with E-state index in [-0.39, 0.29) is 5.91 Å². The van der Waals surface area contributed by atoms with E-state index in [9.17, 15) is 4.79 Å². The van der Waals surface area contributed by atoms with Crippen molar-refractivity contribution >= 4 is 17.3 Å². The average molecular weight is 256 g/mol. The maximum atomic E-state index is 12.4. The molecule has 0 aliphatic carbocycles. The molecule has 0 unspecified atom stereocenters. The Bertz CT molecular complexity index is 582. The second-order valence-electron chi connectivity index (χ2n) is 4.16. The molecule has 0 aromatic heterocycles. The van der Waals surface area contributed by atoms with Crippen molar-refractivity contribution in [1.82, 2.24) is 0 Å². The number of hydrogen-bond donors (Lipinski definition) is 1. The molecule has 0 heterocycles. The van der Waals surface area contributed by atoms with Gasteiger partial charge in [-0.2, -0.15) is 0 Å². The molecule has 0 saturated heterocycles. The molecule has 2 N–H and O–H groups in total. The molecule has 0 bridgehead atoms. The number of hydrogen-bond acceptors (Lipinski definition) is 3. The third kappa shape index (κ3) is 2.68. The number of nitrogens with zero attached hydrogens (tertiary/aromatic N) is 1. The van der Waals surface area contributed by atoms with Gasteiger partial charge in [0.2, 0.25) is 0 Å². The number of rotatable bonds is 3. The molecule has 19 heavy (non-hydrogen) atoms. The number of benzene rings is 2. The molecular formula is C15H16N2O2. The van der Waals surface area contributed by atoms with Gasteiger partial charge in [0.25, 0.3) is 5.91 Å². The molecule has 0 saturated carbocycles. The molecule has 0 aliphatic rings. The van der Waals surface area contributed by atoms with Crippen LogP contribution in [0.25, 0.3) is 0 Å². The molecule has 0 atom stereocenters. The summed E-state index contributed by atoms with van der Waals surface area (Å²) in [5.41, 5.74) is 7.57. The Morgan fingerprint density at radius 3 is 2.47 bits per heavy atom. The minimum atomic E-state index is -0.136. The molecule has 2 aromatic carbocycles. The molecule has 4 heteroatoms. The van der Waals surface area contributed by atoms with Gasteiger partial charge in [-0.25, -0.2) is 0 Å². The number of methoxy groups -OCH3 is 1. The number of carbonyl (C=O) groups excluding carboxylic acids is 1. The summed E-state index contributed by atoms with van der Waals surface area (Å²) in [6, 6.07) is 14.4. The minimum Gasteiger partial charge on any atom is -0.496 e. The highest BCUT2D eigenvalue weighted by Crippen LogP contribution is 2.24. The second-order valence-corrected chi connectivity index (χ2v) is 4.16. The van der Waals surface area contributed by atoms with Gasteiger partial charge in [0.1, 0.15) is 5.75 Å². The molecule has 0 spiro atoms. The molecule has 0 aliphatic heterocycles. The largest absolute Gasteiger partial charge is 0.496 e. The lowest BCUT2D eigenvalue weighted by atomic mass is 10.1. The molecular weight excluding hydrogens is 240 g/mol. The zero-order chi connectivity index (χ0) is 13.8. The zero-order valence-electron chi connectivity index (χ0n) is 11.0. The maximum Gasteiger partial charge on any atom is 0.261 e. The quantitative estimate of drug-likeness (QED) is 0.859. The van der Waals surface area contributed by atoms with Crippen molar-refractivity contribution in [2.24, 2.45) is 0 Å². The van der Waals surface area contributed by atoms with E-state index in [4.69, 9.17) is 10.5 Å². The van der Waals surface area contributed by atoms with Crippen LogP contribution in [-0.2, 0) is 0 Å². The number of nitrogen functional groups attached to an aromatic ring is 1. The van der Waals surface area contributed by atoms with Gasteiger partial charge in [-0.1, -0.05) is 18.2 Å². The molecule has 1 amide bonds. The van der Waals surface area contributed by atoms with E-state index in [1.807, 2.05) is 30.3 Å². The summed E-state index contributed by atoms with van der Waals surface area (Å²) >= 11 is 0. The Kier molecular flexibility index (Phi) is 3.71. The third-order valence-electron chi connectivity index (χ3n) is 2.90. The van der Waals surface area contributed by atoms with Crippen molar-refractivity contribution in [2.45, 2.75) is 0 Å². The lowest BCUT2D eigenvalue weighted by molar-refractivity contribution is 0.0990. The number of para-hydroxylation sites is 1. The van der Waals surface area contributed by atoms with Crippen LogP contribution in [0, 0.1) is 0 Å². The van der Waals surface area contributed by atoms with Gasteiger partial charge in [-0.3, -0.25) is 4.79 Å². The predicted molar refractivity (Wildman–Crippen MR) is 76.6 cm³/mol. The fraction of sp³-hybridized carbons (Fsp3) is 0.133. The molecule has 0 radical (unpaired) electrons. The van der Waals surface area contributed by atoms with Gasteiger partial charge in [-0.05, 0) is 24.3 Å². The minimum absolute atomic E-state index is 0.136. The van der Waals surface area contributed by atoms with Crippen LogP contribution in [0.1, 0.15) is 10.4 Å². The van der Waals surface area contributed by atoms with Crippen LogP contribution in [0.5, 0.6) is 5.75 Å². The average Bonchev–Trinajstić information content (AvgIpc) is 2.46. The molecule has 2 aromatic rings. The fourth-order valence-corrected chi connectivity index (χ4v) is 1.83. The molecule has 98 valence electrons. The van der Waals surface area contributed by atoms with Gasteiger partial charge in [0, 0.05) is 24.5 Å². The van der Waals surface area contributed by atoms with Crippen LogP contribution < -0.4 is 15.4 Å². The number of nitrogens with two attached hydrogens (primary N) is 1. The summed E-state index contributed by atoms with van der Waals surface area (Å²) in [5.74, 6) is 0.343. The van der Waals surface area contributed by atoms with Crippen molar-refractivity contribution in [1.29, 1.82) is 0 Å². The van der Waals surface area contributed by atoms with E-state index >= 15 is 0 Å². The van der Waals surface area contributed by atoms with E-state index in [0.717, 1.165) is 5.69 Å². The van der Waals surface area contributed by atoms with Gasteiger partial charge in [0.05, 0.1) is 12.7 Å². The number of carbonyl (C=O) groups is 1. The summed E-state index contributed by atoms with van der Waals surface area (Å²) in [6.07, 6.45) is 0. The van der Waals surface area contributed by atoms with E-state index in [2.05, 4.69) is 0 Å². The van der Waals surface area contributed by atoms with Gasteiger partial charge < -0.3 is 15.4 Å². The number of ether oxygens (including phenoxy) is 1. The Labute approximate surface area is 112 Å².